The molecule has 0 N–H and O–H groups in total. The maximum Gasteiger partial charge on any atom is 0.573 e. The molecule has 0 fully saturated rings. The second-order valence-electron chi connectivity index (χ2n) is 4.13. The Morgan fingerprint density at radius 1 is 1.20 bits per heavy atom. The highest BCUT2D eigenvalue weighted by Gasteiger charge is 2.31. The van der Waals surface area contributed by atoms with Crippen molar-refractivity contribution in [3.63, 3.8) is 0 Å². The highest BCUT2D eigenvalue weighted by molar-refractivity contribution is 6.08. The van der Waals surface area contributed by atoms with Crippen LogP contribution in [0.3, 0.4) is 0 Å². The van der Waals surface area contributed by atoms with Crippen molar-refractivity contribution in [3.8, 4) is 5.75 Å². The minimum atomic E-state index is -4.79. The van der Waals surface area contributed by atoms with Crippen LogP contribution in [-0.4, -0.2) is 17.1 Å². The molecule has 0 atom stereocenters. The third-order valence-electron chi connectivity index (χ3n) is 2.44. The monoisotopic (exact) mass is 281 g/mol. The van der Waals surface area contributed by atoms with Crippen LogP contribution in [0.15, 0.2) is 42.6 Å². The van der Waals surface area contributed by atoms with Crippen molar-refractivity contribution in [3.05, 3.63) is 59.4 Å². The molecular weight excluding hydrogens is 271 g/mol. The average molecular weight is 281 g/mol. The molecule has 0 saturated heterocycles. The first kappa shape index (κ1) is 14.0. The molecule has 0 bridgehead atoms. The van der Waals surface area contributed by atoms with E-state index in [-0.39, 0.29) is 11.3 Å². The molecule has 1 heterocycles. The Balaban J connectivity index is 2.35. The summed E-state index contributed by atoms with van der Waals surface area (Å²) >= 11 is 0. The third kappa shape index (κ3) is 3.57. The zero-order valence-corrected chi connectivity index (χ0v) is 10.4. The number of aryl methyl sites for hydroxylation is 1. The van der Waals surface area contributed by atoms with Gasteiger partial charge in [0.05, 0.1) is 0 Å². The first-order valence-electron chi connectivity index (χ1n) is 5.68. The van der Waals surface area contributed by atoms with Gasteiger partial charge in [-0.3, -0.25) is 9.78 Å². The number of pyridine rings is 1. The number of carbonyl (C=O) groups is 1. The van der Waals surface area contributed by atoms with Crippen LogP contribution in [0.4, 0.5) is 13.2 Å². The summed E-state index contributed by atoms with van der Waals surface area (Å²) in [6.07, 6.45) is -3.35. The van der Waals surface area contributed by atoms with Crippen LogP contribution in [0.1, 0.15) is 21.6 Å². The molecule has 0 unspecified atom stereocenters. The lowest BCUT2D eigenvalue weighted by Gasteiger charge is -2.11. The minimum absolute atomic E-state index is 0.1000. The van der Waals surface area contributed by atoms with Crippen LogP contribution >= 0.6 is 0 Å². The Kier molecular flexibility index (Phi) is 3.74. The summed E-state index contributed by atoms with van der Waals surface area (Å²) in [7, 11) is 0. The fourth-order valence-electron chi connectivity index (χ4n) is 1.72. The first-order valence-corrected chi connectivity index (χ1v) is 5.68. The number of hydrogen-bond acceptors (Lipinski definition) is 3. The number of carbonyl (C=O) groups excluding carboxylic acids is 1. The molecule has 1 aromatic carbocycles. The van der Waals surface area contributed by atoms with E-state index in [1.807, 2.05) is 0 Å². The molecular formula is C14H10F3NO2. The van der Waals surface area contributed by atoms with Crippen molar-refractivity contribution in [1.29, 1.82) is 0 Å². The molecule has 6 heteroatoms. The number of benzene rings is 1. The molecule has 20 heavy (non-hydrogen) atoms. The van der Waals surface area contributed by atoms with Crippen molar-refractivity contribution in [1.82, 2.24) is 4.98 Å². The van der Waals surface area contributed by atoms with Gasteiger partial charge in [-0.15, -0.1) is 13.2 Å². The molecule has 0 aliphatic rings. The second-order valence-corrected chi connectivity index (χ2v) is 4.13. The van der Waals surface area contributed by atoms with Gasteiger partial charge >= 0.3 is 6.36 Å². The molecule has 1 aromatic heterocycles. The zero-order valence-electron chi connectivity index (χ0n) is 10.4. The number of hydrogen-bond donors (Lipinski definition) is 0. The maximum atomic E-state index is 12.2. The van der Waals surface area contributed by atoms with E-state index in [0.29, 0.717) is 5.56 Å². The summed E-state index contributed by atoms with van der Waals surface area (Å²) in [4.78, 5) is 16.0. The standard InChI is InChI=1S/C14H10F3NO2/c1-9-6-10(8-11(7-9)20-14(15,16)17)13(19)12-4-2-3-5-18-12/h2-8H,1H3. The lowest BCUT2D eigenvalue weighted by Crippen LogP contribution is -2.17. The van der Waals surface area contributed by atoms with Crippen LogP contribution in [0, 0.1) is 6.92 Å². The van der Waals surface area contributed by atoms with E-state index in [2.05, 4.69) is 9.72 Å². The van der Waals surface area contributed by atoms with Gasteiger partial charge in [0.1, 0.15) is 11.4 Å². The van der Waals surface area contributed by atoms with Crippen molar-refractivity contribution in [2.24, 2.45) is 0 Å². The van der Waals surface area contributed by atoms with E-state index in [1.54, 1.807) is 19.1 Å². The van der Waals surface area contributed by atoms with Crippen LogP contribution < -0.4 is 4.74 Å². The van der Waals surface area contributed by atoms with Crippen molar-refractivity contribution in [2.45, 2.75) is 13.3 Å². The predicted octanol–water partition coefficient (Wildman–Crippen LogP) is 3.52. The number of ether oxygens (including phenoxy) is 1. The smallest absolute Gasteiger partial charge is 0.406 e. The van der Waals surface area contributed by atoms with Crippen molar-refractivity contribution < 1.29 is 22.7 Å². The highest BCUT2D eigenvalue weighted by atomic mass is 19.4. The lowest BCUT2D eigenvalue weighted by atomic mass is 10.0. The van der Waals surface area contributed by atoms with Gasteiger partial charge in [-0.1, -0.05) is 6.07 Å². The lowest BCUT2D eigenvalue weighted by molar-refractivity contribution is -0.274. The van der Waals surface area contributed by atoms with Gasteiger partial charge < -0.3 is 4.74 Å². The minimum Gasteiger partial charge on any atom is -0.406 e. The quantitative estimate of drug-likeness (QED) is 0.808. The molecule has 0 saturated carbocycles. The summed E-state index contributed by atoms with van der Waals surface area (Å²) in [5, 5.41) is 0. The van der Waals surface area contributed by atoms with Gasteiger partial charge in [0.2, 0.25) is 5.78 Å². The average Bonchev–Trinajstić information content (AvgIpc) is 2.36. The SMILES string of the molecule is Cc1cc(OC(F)(F)F)cc(C(=O)c2ccccn2)c1. The Morgan fingerprint density at radius 3 is 2.55 bits per heavy atom. The molecule has 0 spiro atoms. The maximum absolute atomic E-state index is 12.2. The normalized spacial score (nSPS) is 11.2. The van der Waals surface area contributed by atoms with E-state index in [9.17, 15) is 18.0 Å². The highest BCUT2D eigenvalue weighted by Crippen LogP contribution is 2.25. The molecule has 2 rings (SSSR count). The topological polar surface area (TPSA) is 39.2 Å². The molecule has 3 nitrogen and oxygen atoms in total. The predicted molar refractivity (Wildman–Crippen MR) is 65.5 cm³/mol. The Bertz CT molecular complexity index is 624. The van der Waals surface area contributed by atoms with Gasteiger partial charge in [-0.05, 0) is 42.8 Å². The second kappa shape index (κ2) is 5.32. The number of ketones is 1. The number of nitrogens with zero attached hydrogens (tertiary/aromatic N) is 1. The molecule has 2 aromatic rings. The fraction of sp³-hybridized carbons (Fsp3) is 0.143. The molecule has 0 aliphatic carbocycles. The summed E-state index contributed by atoms with van der Waals surface area (Å²) in [5.74, 6) is -0.877. The van der Waals surface area contributed by atoms with Crippen LogP contribution in [0.2, 0.25) is 0 Å². The van der Waals surface area contributed by atoms with E-state index >= 15 is 0 Å². The van der Waals surface area contributed by atoms with Crippen LogP contribution in [0.25, 0.3) is 0 Å². The molecule has 0 radical (unpaired) electrons. The third-order valence-corrected chi connectivity index (χ3v) is 2.44. The van der Waals surface area contributed by atoms with Crippen LogP contribution in [0.5, 0.6) is 5.75 Å². The molecule has 104 valence electrons. The zero-order chi connectivity index (χ0) is 14.8. The van der Waals surface area contributed by atoms with Gasteiger partial charge in [0, 0.05) is 11.8 Å². The summed E-state index contributed by atoms with van der Waals surface area (Å²) in [6, 6.07) is 8.52. The largest absolute Gasteiger partial charge is 0.573 e. The van der Waals surface area contributed by atoms with Gasteiger partial charge in [-0.2, -0.15) is 0 Å². The Hall–Kier alpha value is -2.37. The van der Waals surface area contributed by atoms with E-state index in [4.69, 9.17) is 0 Å². The fourth-order valence-corrected chi connectivity index (χ4v) is 1.72. The van der Waals surface area contributed by atoms with E-state index < -0.39 is 17.9 Å². The van der Waals surface area contributed by atoms with Gasteiger partial charge in [-0.25, -0.2) is 0 Å². The van der Waals surface area contributed by atoms with Crippen molar-refractivity contribution in [2.75, 3.05) is 0 Å². The van der Waals surface area contributed by atoms with Gasteiger partial charge in [0.25, 0.3) is 0 Å². The number of alkyl halides is 3. The first-order chi connectivity index (χ1) is 9.35. The Labute approximate surface area is 113 Å². The summed E-state index contributed by atoms with van der Waals surface area (Å²) < 4.78 is 40.5. The van der Waals surface area contributed by atoms with Crippen molar-refractivity contribution >= 4 is 5.78 Å². The Morgan fingerprint density at radius 2 is 1.95 bits per heavy atom. The molecule has 0 amide bonds. The number of aromatic nitrogens is 1. The summed E-state index contributed by atoms with van der Waals surface area (Å²) in [5.41, 5.74) is 0.755. The molecule has 0 aliphatic heterocycles. The summed E-state index contributed by atoms with van der Waals surface area (Å²) in [6.45, 7) is 1.58. The number of rotatable bonds is 3. The van der Waals surface area contributed by atoms with E-state index in [0.717, 1.165) is 6.07 Å². The van der Waals surface area contributed by atoms with Gasteiger partial charge in [0.15, 0.2) is 0 Å². The van der Waals surface area contributed by atoms with E-state index in [1.165, 1.54) is 24.4 Å². The van der Waals surface area contributed by atoms with Crippen LogP contribution in [-0.2, 0) is 0 Å². The number of halogens is 3.